The Balaban J connectivity index is 1.52. The number of nitro groups is 1. The summed E-state index contributed by atoms with van der Waals surface area (Å²) in [5.41, 5.74) is 2.66. The molecule has 0 aliphatic rings. The van der Waals surface area contributed by atoms with Gasteiger partial charge in [-0.3, -0.25) is 25.2 Å². The van der Waals surface area contributed by atoms with Gasteiger partial charge in [0.2, 0.25) is 0 Å². The van der Waals surface area contributed by atoms with E-state index >= 15 is 0 Å². The first-order valence-electron chi connectivity index (χ1n) is 10.7. The average molecular weight is 490 g/mol. The normalized spacial score (nSPS) is 11.5. The Kier molecular flexibility index (Phi) is 7.02. The number of ether oxygens (including phenoxy) is 1. The Morgan fingerprint density at radius 3 is 2.57 bits per heavy atom. The number of aromatic nitrogens is 2. The number of carbonyl (C=O) groups is 1. The van der Waals surface area contributed by atoms with Gasteiger partial charge in [0, 0.05) is 28.3 Å². The number of anilines is 2. The molecule has 9 nitrogen and oxygen atoms in total. The van der Waals surface area contributed by atoms with Gasteiger partial charge in [-0.05, 0) is 62.4 Å². The number of nitrogens with zero attached hydrogens (tertiary/aromatic N) is 3. The van der Waals surface area contributed by atoms with Crippen molar-refractivity contribution in [3.8, 4) is 17.0 Å². The predicted octanol–water partition coefficient (Wildman–Crippen LogP) is 5.86. The number of carbonyl (C=O) groups excluding carboxylic acids is 1. The summed E-state index contributed by atoms with van der Waals surface area (Å²) >= 11 is 1.33. The van der Waals surface area contributed by atoms with Crippen molar-refractivity contribution in [1.82, 2.24) is 9.97 Å². The number of nitro benzene ring substituents is 1. The number of benzene rings is 2. The monoisotopic (exact) mass is 489 g/mol. The topological polar surface area (TPSA) is 119 Å². The minimum Gasteiger partial charge on any atom is -0.497 e. The van der Waals surface area contributed by atoms with Crippen LogP contribution in [0.25, 0.3) is 11.3 Å². The van der Waals surface area contributed by atoms with E-state index in [1.165, 1.54) is 23.5 Å². The number of thiazole rings is 1. The third-order valence-corrected chi connectivity index (χ3v) is 6.23. The van der Waals surface area contributed by atoms with Crippen LogP contribution in [-0.2, 0) is 0 Å². The highest BCUT2D eigenvalue weighted by Gasteiger charge is 2.21. The Labute approximate surface area is 206 Å². The molecule has 4 rings (SSSR count). The Bertz CT molecular complexity index is 1360. The molecule has 1 atom stereocenters. The summed E-state index contributed by atoms with van der Waals surface area (Å²) in [5.74, 6) is 0.261. The zero-order valence-electron chi connectivity index (χ0n) is 19.3. The Hall–Kier alpha value is -4.31. The maximum atomic E-state index is 12.9. The number of hydrogen-bond donors (Lipinski definition) is 2. The molecule has 35 heavy (non-hydrogen) atoms. The quantitative estimate of drug-likeness (QED) is 0.235. The minimum atomic E-state index is -0.514. The van der Waals surface area contributed by atoms with Gasteiger partial charge in [-0.2, -0.15) is 0 Å². The van der Waals surface area contributed by atoms with Crippen molar-refractivity contribution < 1.29 is 14.5 Å². The lowest BCUT2D eigenvalue weighted by atomic mass is 10.1. The highest BCUT2D eigenvalue weighted by atomic mass is 32.1. The molecule has 0 radical (unpaired) electrons. The fourth-order valence-corrected chi connectivity index (χ4v) is 4.35. The Morgan fingerprint density at radius 2 is 1.91 bits per heavy atom. The molecule has 2 heterocycles. The molecule has 0 aliphatic heterocycles. The molecule has 0 saturated carbocycles. The lowest BCUT2D eigenvalue weighted by Crippen LogP contribution is -2.13. The molecule has 0 spiro atoms. The lowest BCUT2D eigenvalue weighted by molar-refractivity contribution is -0.384. The van der Waals surface area contributed by atoms with Gasteiger partial charge in [-0.25, -0.2) is 4.98 Å². The second-order valence-corrected chi connectivity index (χ2v) is 8.92. The van der Waals surface area contributed by atoms with Crippen LogP contribution >= 0.6 is 11.3 Å². The van der Waals surface area contributed by atoms with Crippen molar-refractivity contribution in [2.45, 2.75) is 19.9 Å². The van der Waals surface area contributed by atoms with Gasteiger partial charge in [-0.1, -0.05) is 6.07 Å². The van der Waals surface area contributed by atoms with Crippen LogP contribution in [0.15, 0.2) is 66.9 Å². The summed E-state index contributed by atoms with van der Waals surface area (Å²) in [7, 11) is 1.60. The Morgan fingerprint density at radius 1 is 1.14 bits per heavy atom. The van der Waals surface area contributed by atoms with Crippen LogP contribution < -0.4 is 15.4 Å². The summed E-state index contributed by atoms with van der Waals surface area (Å²) in [6.07, 6.45) is 1.66. The molecule has 178 valence electrons. The summed E-state index contributed by atoms with van der Waals surface area (Å²) in [4.78, 5) is 33.8. The second-order valence-electron chi connectivity index (χ2n) is 7.72. The molecular weight excluding hydrogens is 466 g/mol. The third-order valence-electron chi connectivity index (χ3n) is 5.34. The van der Waals surface area contributed by atoms with E-state index in [0.717, 1.165) is 27.6 Å². The van der Waals surface area contributed by atoms with Crippen molar-refractivity contribution >= 4 is 33.8 Å². The number of nitrogens with one attached hydrogen (secondary N) is 2. The van der Waals surface area contributed by atoms with Gasteiger partial charge in [0.1, 0.15) is 11.4 Å². The van der Waals surface area contributed by atoms with Crippen LogP contribution in [-0.4, -0.2) is 27.9 Å². The first kappa shape index (κ1) is 23.8. The van der Waals surface area contributed by atoms with E-state index in [1.54, 1.807) is 25.4 Å². The molecule has 1 amide bonds. The molecule has 2 N–H and O–H groups in total. The molecule has 4 aromatic rings. The van der Waals surface area contributed by atoms with Crippen molar-refractivity contribution in [2.75, 3.05) is 17.7 Å². The molecule has 2 aromatic carbocycles. The van der Waals surface area contributed by atoms with Crippen LogP contribution in [0.2, 0.25) is 0 Å². The van der Waals surface area contributed by atoms with Crippen molar-refractivity contribution in [3.63, 3.8) is 0 Å². The summed E-state index contributed by atoms with van der Waals surface area (Å²) < 4.78 is 5.19. The number of hydrogen-bond acceptors (Lipinski definition) is 8. The maximum Gasteiger partial charge on any atom is 0.293 e. The summed E-state index contributed by atoms with van der Waals surface area (Å²) in [6, 6.07) is 17.0. The molecule has 0 saturated heterocycles. The van der Waals surface area contributed by atoms with E-state index in [-0.39, 0.29) is 17.3 Å². The van der Waals surface area contributed by atoms with E-state index in [2.05, 4.69) is 20.6 Å². The minimum absolute atomic E-state index is 0.159. The average Bonchev–Trinajstić information content (AvgIpc) is 3.24. The van der Waals surface area contributed by atoms with E-state index in [0.29, 0.717) is 10.8 Å². The fraction of sp³-hybridized carbons (Fsp3) is 0.160. The SMILES string of the molecule is COc1ccc(-c2nc(NC(=O)c3ccc(NC(C)c4ccccn4)c([N+](=O)[O-])c3)sc2C)cc1. The van der Waals surface area contributed by atoms with Gasteiger partial charge >= 0.3 is 0 Å². The fourth-order valence-electron chi connectivity index (χ4n) is 3.52. The number of amides is 1. The number of rotatable bonds is 8. The van der Waals surface area contributed by atoms with Crippen molar-refractivity contribution in [3.05, 3.63) is 93.1 Å². The zero-order chi connectivity index (χ0) is 24.9. The summed E-state index contributed by atoms with van der Waals surface area (Å²) in [6.45, 7) is 3.78. The number of pyridine rings is 1. The predicted molar refractivity (Wildman–Crippen MR) is 136 cm³/mol. The van der Waals surface area contributed by atoms with Gasteiger partial charge in [0.25, 0.3) is 11.6 Å². The first-order chi connectivity index (χ1) is 16.9. The molecule has 2 aromatic heterocycles. The van der Waals surface area contributed by atoms with Crippen LogP contribution in [0, 0.1) is 17.0 Å². The molecule has 0 bridgehead atoms. The van der Waals surface area contributed by atoms with Crippen molar-refractivity contribution in [2.24, 2.45) is 0 Å². The van der Waals surface area contributed by atoms with Crippen LogP contribution in [0.3, 0.4) is 0 Å². The second kappa shape index (κ2) is 10.3. The third kappa shape index (κ3) is 5.44. The zero-order valence-corrected chi connectivity index (χ0v) is 20.1. The maximum absolute atomic E-state index is 12.9. The number of aryl methyl sites for hydroxylation is 1. The molecule has 10 heteroatoms. The summed E-state index contributed by atoms with van der Waals surface area (Å²) in [5, 5.41) is 18.0. The van der Waals surface area contributed by atoms with E-state index in [9.17, 15) is 14.9 Å². The smallest absolute Gasteiger partial charge is 0.293 e. The van der Waals surface area contributed by atoms with Gasteiger partial charge in [-0.15, -0.1) is 11.3 Å². The lowest BCUT2D eigenvalue weighted by Gasteiger charge is -2.15. The number of methoxy groups -OCH3 is 1. The van der Waals surface area contributed by atoms with E-state index < -0.39 is 10.8 Å². The van der Waals surface area contributed by atoms with Crippen molar-refractivity contribution in [1.29, 1.82) is 0 Å². The molecule has 0 fully saturated rings. The molecule has 1 unspecified atom stereocenters. The van der Waals surface area contributed by atoms with Gasteiger partial charge < -0.3 is 10.1 Å². The largest absolute Gasteiger partial charge is 0.497 e. The van der Waals surface area contributed by atoms with Gasteiger partial charge in [0.15, 0.2) is 5.13 Å². The molecular formula is C25H23N5O4S. The highest BCUT2D eigenvalue weighted by molar-refractivity contribution is 7.16. The van der Waals surface area contributed by atoms with Crippen LogP contribution in [0.4, 0.5) is 16.5 Å². The van der Waals surface area contributed by atoms with Crippen LogP contribution in [0.1, 0.15) is 33.9 Å². The molecule has 0 aliphatic carbocycles. The highest BCUT2D eigenvalue weighted by Crippen LogP contribution is 2.33. The van der Waals surface area contributed by atoms with E-state index in [4.69, 9.17) is 4.74 Å². The van der Waals surface area contributed by atoms with Crippen LogP contribution in [0.5, 0.6) is 5.75 Å². The van der Waals surface area contributed by atoms with Gasteiger partial charge in [0.05, 0.1) is 29.5 Å². The standard InChI is InChI=1S/C25H23N5O4S/c1-15(20-6-4-5-13-26-20)27-21-12-9-18(14-22(21)30(32)33)24(31)29-25-28-23(16(2)35-25)17-7-10-19(34-3)11-8-17/h4-15,27H,1-3H3,(H,28,29,31). The van der Waals surface area contributed by atoms with E-state index in [1.807, 2.05) is 50.2 Å². The first-order valence-corrected chi connectivity index (χ1v) is 11.6.